The smallest absolute Gasteiger partial charge is 0.319 e. The van der Waals surface area contributed by atoms with Gasteiger partial charge in [-0.1, -0.05) is 41.9 Å². The maximum absolute atomic E-state index is 14.0. The summed E-state index contributed by atoms with van der Waals surface area (Å²) in [7, 11) is 1.47. The van der Waals surface area contributed by atoms with Gasteiger partial charge in [-0.05, 0) is 25.1 Å². The highest BCUT2D eigenvalue weighted by atomic mass is 35.5. The molecule has 23 heavy (non-hydrogen) atoms. The summed E-state index contributed by atoms with van der Waals surface area (Å²) in [4.78, 5) is 12.0. The first kappa shape index (κ1) is 17.2. The molecule has 2 amide bonds. The minimum Gasteiger partial charge on any atom is -0.372 e. The number of para-hydroxylation sites is 1. The molecule has 0 saturated carbocycles. The van der Waals surface area contributed by atoms with Crippen molar-refractivity contribution in [3.63, 3.8) is 0 Å². The summed E-state index contributed by atoms with van der Waals surface area (Å²) in [5.41, 5.74) is -0.111. The van der Waals surface area contributed by atoms with Gasteiger partial charge >= 0.3 is 6.03 Å². The van der Waals surface area contributed by atoms with E-state index in [0.29, 0.717) is 16.3 Å². The lowest BCUT2D eigenvalue weighted by molar-refractivity contribution is 0.00235. The third kappa shape index (κ3) is 4.21. The van der Waals surface area contributed by atoms with Gasteiger partial charge in [0.15, 0.2) is 0 Å². The third-order valence-electron chi connectivity index (χ3n) is 3.60. The molecule has 4 nitrogen and oxygen atoms in total. The predicted octanol–water partition coefficient (Wildman–Crippen LogP) is 4.16. The molecule has 0 heterocycles. The van der Waals surface area contributed by atoms with Gasteiger partial charge in [0.05, 0.1) is 17.3 Å². The molecule has 2 N–H and O–H groups in total. The van der Waals surface area contributed by atoms with Gasteiger partial charge in [-0.2, -0.15) is 0 Å². The Morgan fingerprint density at radius 2 is 1.87 bits per heavy atom. The van der Waals surface area contributed by atoms with E-state index in [4.69, 9.17) is 16.3 Å². The van der Waals surface area contributed by atoms with E-state index < -0.39 is 11.6 Å². The van der Waals surface area contributed by atoms with Crippen molar-refractivity contribution in [2.75, 3.05) is 19.0 Å². The van der Waals surface area contributed by atoms with Crippen molar-refractivity contribution in [3.05, 3.63) is 64.9 Å². The Morgan fingerprint density at radius 1 is 1.22 bits per heavy atom. The Kier molecular flexibility index (Phi) is 5.58. The topological polar surface area (TPSA) is 50.4 Å². The third-order valence-corrected chi connectivity index (χ3v) is 3.93. The van der Waals surface area contributed by atoms with E-state index >= 15 is 0 Å². The average molecular weight is 337 g/mol. The molecule has 0 fully saturated rings. The summed E-state index contributed by atoms with van der Waals surface area (Å²) < 4.78 is 19.4. The molecule has 0 bridgehead atoms. The van der Waals surface area contributed by atoms with Gasteiger partial charge in [-0.15, -0.1) is 0 Å². The van der Waals surface area contributed by atoms with Crippen LogP contribution in [0.5, 0.6) is 0 Å². The number of carbonyl (C=O) groups is 1. The molecule has 122 valence electrons. The monoisotopic (exact) mass is 336 g/mol. The van der Waals surface area contributed by atoms with Crippen LogP contribution in [-0.4, -0.2) is 19.7 Å². The number of nitrogens with one attached hydrogen (secondary N) is 2. The van der Waals surface area contributed by atoms with Gasteiger partial charge in [0.25, 0.3) is 0 Å². The van der Waals surface area contributed by atoms with Gasteiger partial charge in [-0.3, -0.25) is 0 Å². The zero-order valence-electron chi connectivity index (χ0n) is 12.9. The van der Waals surface area contributed by atoms with Crippen LogP contribution in [0.1, 0.15) is 12.5 Å². The number of amides is 2. The van der Waals surface area contributed by atoms with Crippen LogP contribution in [0, 0.1) is 5.82 Å². The number of benzene rings is 2. The van der Waals surface area contributed by atoms with E-state index in [9.17, 15) is 9.18 Å². The minimum atomic E-state index is -0.983. The zero-order chi connectivity index (χ0) is 16.9. The van der Waals surface area contributed by atoms with Crippen LogP contribution in [0.25, 0.3) is 0 Å². The molecule has 1 atom stereocenters. The predicted molar refractivity (Wildman–Crippen MR) is 89.2 cm³/mol. The standard InChI is InChI=1S/C17H18ClFN2O2/c1-17(23-2,12-7-3-5-9-14(12)19)11-20-16(22)21-15-10-6-4-8-13(15)18/h3-10H,11H2,1-2H3,(H2,20,21,22). The second-order valence-electron chi connectivity index (χ2n) is 5.20. The van der Waals surface area contributed by atoms with Crippen LogP contribution in [0.4, 0.5) is 14.9 Å². The van der Waals surface area contributed by atoms with E-state index in [0.717, 1.165) is 0 Å². The number of hydrogen-bond acceptors (Lipinski definition) is 2. The van der Waals surface area contributed by atoms with Gasteiger partial charge in [0.1, 0.15) is 11.4 Å². The number of ether oxygens (including phenoxy) is 1. The first-order valence-electron chi connectivity index (χ1n) is 7.06. The molecule has 0 aliphatic rings. The molecule has 0 aromatic heterocycles. The van der Waals surface area contributed by atoms with Gasteiger partial charge in [0, 0.05) is 12.7 Å². The van der Waals surface area contributed by atoms with E-state index in [-0.39, 0.29) is 12.4 Å². The summed E-state index contributed by atoms with van der Waals surface area (Å²) in [6.07, 6.45) is 0. The van der Waals surface area contributed by atoms with E-state index in [1.165, 1.54) is 13.2 Å². The quantitative estimate of drug-likeness (QED) is 0.861. The zero-order valence-corrected chi connectivity index (χ0v) is 13.7. The Hall–Kier alpha value is -2.11. The van der Waals surface area contributed by atoms with Crippen molar-refractivity contribution in [2.45, 2.75) is 12.5 Å². The first-order valence-corrected chi connectivity index (χ1v) is 7.43. The summed E-state index contributed by atoms with van der Waals surface area (Å²) in [5.74, 6) is -0.384. The van der Waals surface area contributed by atoms with Crippen molar-refractivity contribution < 1.29 is 13.9 Å². The fourth-order valence-corrected chi connectivity index (χ4v) is 2.33. The molecular weight excluding hydrogens is 319 g/mol. The van der Waals surface area contributed by atoms with Gasteiger partial charge < -0.3 is 15.4 Å². The molecule has 0 aliphatic heterocycles. The Bertz CT molecular complexity index is 696. The van der Waals surface area contributed by atoms with Crippen molar-refractivity contribution in [1.82, 2.24) is 5.32 Å². The Balaban J connectivity index is 2.04. The van der Waals surface area contributed by atoms with E-state index in [1.807, 2.05) is 0 Å². The van der Waals surface area contributed by atoms with Crippen LogP contribution in [0.3, 0.4) is 0 Å². The molecule has 2 rings (SSSR count). The molecule has 2 aromatic carbocycles. The summed E-state index contributed by atoms with van der Waals surface area (Å²) in [5, 5.41) is 5.75. The van der Waals surface area contributed by atoms with Gasteiger partial charge in [-0.25, -0.2) is 9.18 Å². The Labute approximate surface area is 139 Å². The largest absolute Gasteiger partial charge is 0.372 e. The molecule has 0 spiro atoms. The maximum Gasteiger partial charge on any atom is 0.319 e. The lowest BCUT2D eigenvalue weighted by Gasteiger charge is -2.29. The number of anilines is 1. The average Bonchev–Trinajstić information content (AvgIpc) is 2.55. The molecular formula is C17H18ClFN2O2. The van der Waals surface area contributed by atoms with Crippen molar-refractivity contribution in [3.8, 4) is 0 Å². The summed E-state index contributed by atoms with van der Waals surface area (Å²) >= 11 is 5.99. The van der Waals surface area contributed by atoms with Crippen LogP contribution < -0.4 is 10.6 Å². The lowest BCUT2D eigenvalue weighted by Crippen LogP contribution is -2.42. The van der Waals surface area contributed by atoms with E-state index in [1.54, 1.807) is 49.4 Å². The Morgan fingerprint density at radius 3 is 2.52 bits per heavy atom. The number of hydrogen-bond donors (Lipinski definition) is 2. The molecule has 1 unspecified atom stereocenters. The van der Waals surface area contributed by atoms with Crippen LogP contribution >= 0.6 is 11.6 Å². The fraction of sp³-hybridized carbons (Fsp3) is 0.235. The maximum atomic E-state index is 14.0. The molecule has 0 radical (unpaired) electrons. The van der Waals surface area contributed by atoms with Crippen LogP contribution in [0.15, 0.2) is 48.5 Å². The lowest BCUT2D eigenvalue weighted by atomic mass is 9.95. The molecule has 2 aromatic rings. The number of halogens is 2. The van der Waals surface area contributed by atoms with Crippen LogP contribution in [0.2, 0.25) is 5.02 Å². The summed E-state index contributed by atoms with van der Waals surface area (Å²) in [6, 6.07) is 12.8. The highest BCUT2D eigenvalue weighted by Gasteiger charge is 2.29. The van der Waals surface area contributed by atoms with Crippen molar-refractivity contribution in [1.29, 1.82) is 0 Å². The first-order chi connectivity index (χ1) is 11.0. The minimum absolute atomic E-state index is 0.0979. The van der Waals surface area contributed by atoms with Crippen molar-refractivity contribution in [2.24, 2.45) is 0 Å². The molecule has 0 saturated heterocycles. The second-order valence-corrected chi connectivity index (χ2v) is 5.61. The number of rotatable bonds is 5. The molecule has 6 heteroatoms. The number of urea groups is 1. The van der Waals surface area contributed by atoms with Gasteiger partial charge in [0.2, 0.25) is 0 Å². The highest BCUT2D eigenvalue weighted by Crippen LogP contribution is 2.26. The normalized spacial score (nSPS) is 13.2. The molecule has 0 aliphatic carbocycles. The van der Waals surface area contributed by atoms with Crippen LogP contribution in [-0.2, 0) is 10.3 Å². The summed E-state index contributed by atoms with van der Waals surface area (Å²) in [6.45, 7) is 1.81. The SMILES string of the molecule is COC(C)(CNC(=O)Nc1ccccc1Cl)c1ccccc1F. The number of methoxy groups -OCH3 is 1. The van der Waals surface area contributed by atoms with E-state index in [2.05, 4.69) is 10.6 Å². The number of carbonyl (C=O) groups excluding carboxylic acids is 1. The highest BCUT2D eigenvalue weighted by molar-refractivity contribution is 6.33. The van der Waals surface area contributed by atoms with Crippen molar-refractivity contribution >= 4 is 23.3 Å². The fourth-order valence-electron chi connectivity index (χ4n) is 2.15. The second kappa shape index (κ2) is 7.44.